The molecule has 0 spiro atoms. The van der Waals surface area contributed by atoms with Crippen LogP contribution < -0.4 is 39.8 Å². The normalized spacial score (nSPS) is 20.5. The Kier molecular flexibility index (Phi) is 5.32. The number of hydrogen-bond acceptors (Lipinski definition) is 3. The number of nitrogens with one attached hydrogen (secondary N) is 1. The molecule has 0 amide bonds. The summed E-state index contributed by atoms with van der Waals surface area (Å²) in [7, 11) is 0. The number of benzene rings is 1. The van der Waals surface area contributed by atoms with Crippen molar-refractivity contribution in [2.75, 3.05) is 24.5 Å². The fraction of sp³-hybridized carbons (Fsp3) is 0.364. The second-order valence-corrected chi connectivity index (χ2v) is 3.37. The molecule has 1 N–H and O–H groups in total. The smallest absolute Gasteiger partial charge is 0.540 e. The van der Waals surface area contributed by atoms with Gasteiger partial charge in [0.05, 0.1) is 0 Å². The number of para-hydroxylation sites is 1. The molecule has 1 atom stereocenters. The molecule has 74 valence electrons. The third-order valence-corrected chi connectivity index (χ3v) is 2.47. The van der Waals surface area contributed by atoms with E-state index in [2.05, 4.69) is 16.5 Å². The fourth-order valence-electron chi connectivity index (χ4n) is 1.74. The summed E-state index contributed by atoms with van der Waals surface area (Å²) < 4.78 is 0. The minimum absolute atomic E-state index is 0. The maximum atomic E-state index is 10.7. The summed E-state index contributed by atoms with van der Waals surface area (Å²) >= 11 is 0. The van der Waals surface area contributed by atoms with Gasteiger partial charge in [0, 0.05) is 18.8 Å². The molecule has 15 heavy (non-hydrogen) atoms. The average Bonchev–Trinajstić information content (AvgIpc) is 2.30. The topological polar surface area (TPSA) is 32.3 Å². The second kappa shape index (κ2) is 6.28. The van der Waals surface area contributed by atoms with Crippen molar-refractivity contribution in [3.63, 3.8) is 0 Å². The van der Waals surface area contributed by atoms with Gasteiger partial charge in [0.15, 0.2) is 0 Å². The zero-order valence-corrected chi connectivity index (χ0v) is 10.9. The van der Waals surface area contributed by atoms with E-state index in [1.165, 1.54) is 0 Å². The summed E-state index contributed by atoms with van der Waals surface area (Å²) in [5.41, 5.74) is 1.10. The van der Waals surface area contributed by atoms with Crippen molar-refractivity contribution >= 4 is 12.0 Å². The molecule has 0 saturated carbocycles. The Morgan fingerprint density at radius 2 is 2.07 bits per heavy atom. The first-order valence-electron chi connectivity index (χ1n) is 4.82. The van der Waals surface area contributed by atoms with Gasteiger partial charge in [-0.25, -0.2) is 6.29 Å². The van der Waals surface area contributed by atoms with Crippen LogP contribution in [0.5, 0.6) is 0 Å². The molecule has 1 fully saturated rings. The zero-order valence-electron chi connectivity index (χ0n) is 8.94. The van der Waals surface area contributed by atoms with Crippen LogP contribution in [0.3, 0.4) is 0 Å². The van der Waals surface area contributed by atoms with E-state index in [9.17, 15) is 4.79 Å². The largest absolute Gasteiger partial charge is 1.00 e. The van der Waals surface area contributed by atoms with Crippen molar-refractivity contribution in [3.05, 3.63) is 30.3 Å². The summed E-state index contributed by atoms with van der Waals surface area (Å²) in [4.78, 5) is 12.8. The Morgan fingerprint density at radius 1 is 1.33 bits per heavy atom. The summed E-state index contributed by atoms with van der Waals surface area (Å²) in [5, 5.41) is 3.18. The van der Waals surface area contributed by atoms with Gasteiger partial charge in [-0.15, -0.1) is 0 Å². The monoisotopic (exact) mass is 212 g/mol. The van der Waals surface area contributed by atoms with Crippen molar-refractivity contribution in [3.8, 4) is 0 Å². The average molecular weight is 212 g/mol. The molecular formula is C11H13N2NaO. The molecule has 1 saturated heterocycles. The molecule has 1 unspecified atom stereocenters. The summed E-state index contributed by atoms with van der Waals surface area (Å²) in [6, 6.07) is 9.85. The molecule has 4 heteroatoms. The van der Waals surface area contributed by atoms with E-state index in [4.69, 9.17) is 0 Å². The standard InChI is InChI=1S/C11H13N2O.Na/c14-9-11-8-12-6-7-13(11)10-4-2-1-3-5-10;/h1-5,11-12H,6-8H2;/q-1;+1. The molecule has 0 bridgehead atoms. The number of carbonyl (C=O) groups excluding carboxylic acids is 1. The SMILES string of the molecule is O=[C-]C1CNCCN1c1ccccc1.[Na+]. The summed E-state index contributed by atoms with van der Waals surface area (Å²) in [5.74, 6) is 0. The third-order valence-electron chi connectivity index (χ3n) is 2.47. The number of anilines is 1. The van der Waals surface area contributed by atoms with Gasteiger partial charge in [0.2, 0.25) is 0 Å². The van der Waals surface area contributed by atoms with Crippen molar-refractivity contribution in [1.29, 1.82) is 0 Å². The van der Waals surface area contributed by atoms with E-state index < -0.39 is 0 Å². The van der Waals surface area contributed by atoms with Crippen LogP contribution in [-0.4, -0.2) is 32.0 Å². The van der Waals surface area contributed by atoms with E-state index in [1.54, 1.807) is 0 Å². The third kappa shape index (κ3) is 3.05. The molecule has 0 radical (unpaired) electrons. The fourth-order valence-corrected chi connectivity index (χ4v) is 1.74. The van der Waals surface area contributed by atoms with Gasteiger partial charge in [0.25, 0.3) is 0 Å². The number of nitrogens with zero attached hydrogens (tertiary/aromatic N) is 1. The molecule has 0 aliphatic carbocycles. The first kappa shape index (κ1) is 12.7. The van der Waals surface area contributed by atoms with Crippen LogP contribution in [-0.2, 0) is 4.79 Å². The summed E-state index contributed by atoms with van der Waals surface area (Å²) in [6.45, 7) is 2.48. The van der Waals surface area contributed by atoms with E-state index in [0.717, 1.165) is 18.8 Å². The van der Waals surface area contributed by atoms with Crippen LogP contribution in [0.4, 0.5) is 5.69 Å². The predicted octanol–water partition coefficient (Wildman–Crippen LogP) is -2.42. The first-order valence-corrected chi connectivity index (χ1v) is 4.82. The molecule has 3 nitrogen and oxygen atoms in total. The van der Waals surface area contributed by atoms with E-state index in [1.807, 2.05) is 30.3 Å². The molecule has 1 aromatic rings. The Bertz CT molecular complexity index is 305. The quantitative estimate of drug-likeness (QED) is 0.437. The number of rotatable bonds is 2. The molecule has 1 aliphatic heterocycles. The van der Waals surface area contributed by atoms with Crippen LogP contribution in [0, 0.1) is 0 Å². The number of piperazine rings is 1. The first-order chi connectivity index (χ1) is 6.92. The molecule has 1 aromatic carbocycles. The summed E-state index contributed by atoms with van der Waals surface area (Å²) in [6.07, 6.45) is 2.07. The Hall–Kier alpha value is -0.350. The molecule has 1 aliphatic rings. The minimum atomic E-state index is -0.147. The van der Waals surface area contributed by atoms with Gasteiger partial charge >= 0.3 is 29.6 Å². The van der Waals surface area contributed by atoms with Gasteiger partial charge < -0.3 is 15.0 Å². The van der Waals surface area contributed by atoms with E-state index >= 15 is 0 Å². The molecular weight excluding hydrogens is 199 g/mol. The zero-order chi connectivity index (χ0) is 9.80. The Labute approximate surface area is 112 Å². The van der Waals surface area contributed by atoms with E-state index in [0.29, 0.717) is 6.54 Å². The second-order valence-electron chi connectivity index (χ2n) is 3.37. The predicted molar refractivity (Wildman–Crippen MR) is 56.1 cm³/mol. The molecule has 1 heterocycles. The maximum absolute atomic E-state index is 10.7. The van der Waals surface area contributed by atoms with Gasteiger partial charge in [0.1, 0.15) is 0 Å². The van der Waals surface area contributed by atoms with Gasteiger partial charge in [-0.05, 0) is 18.7 Å². The van der Waals surface area contributed by atoms with E-state index in [-0.39, 0.29) is 35.6 Å². The Morgan fingerprint density at radius 3 is 2.73 bits per heavy atom. The van der Waals surface area contributed by atoms with Gasteiger partial charge in [-0.1, -0.05) is 24.2 Å². The van der Waals surface area contributed by atoms with Crippen LogP contribution in [0.2, 0.25) is 0 Å². The van der Waals surface area contributed by atoms with Crippen molar-refractivity contribution in [1.82, 2.24) is 5.32 Å². The van der Waals surface area contributed by atoms with Crippen molar-refractivity contribution in [2.24, 2.45) is 0 Å². The van der Waals surface area contributed by atoms with Gasteiger partial charge in [-0.3, -0.25) is 0 Å². The van der Waals surface area contributed by atoms with Crippen molar-refractivity contribution in [2.45, 2.75) is 6.04 Å². The number of hydrogen-bond donors (Lipinski definition) is 1. The maximum Gasteiger partial charge on any atom is 1.00 e. The van der Waals surface area contributed by atoms with Crippen LogP contribution in [0.25, 0.3) is 0 Å². The van der Waals surface area contributed by atoms with Crippen molar-refractivity contribution < 1.29 is 34.4 Å². The molecule has 0 aromatic heterocycles. The Balaban J connectivity index is 0.00000112. The molecule has 2 rings (SSSR count). The van der Waals surface area contributed by atoms with Crippen LogP contribution >= 0.6 is 0 Å². The minimum Gasteiger partial charge on any atom is -0.540 e. The van der Waals surface area contributed by atoms with Crippen LogP contribution in [0.15, 0.2) is 30.3 Å². The van der Waals surface area contributed by atoms with Crippen LogP contribution in [0.1, 0.15) is 0 Å². The van der Waals surface area contributed by atoms with Gasteiger partial charge in [-0.2, -0.15) is 0 Å².